The summed E-state index contributed by atoms with van der Waals surface area (Å²) < 4.78 is 1.56. The Morgan fingerprint density at radius 1 is 1.24 bits per heavy atom. The van der Waals surface area contributed by atoms with Gasteiger partial charge in [0.15, 0.2) is 0 Å². The molecule has 0 saturated carbocycles. The molecule has 2 amide bonds. The van der Waals surface area contributed by atoms with Crippen molar-refractivity contribution in [3.63, 3.8) is 0 Å². The van der Waals surface area contributed by atoms with Crippen molar-refractivity contribution in [1.29, 1.82) is 0 Å². The Labute approximate surface area is 123 Å². The van der Waals surface area contributed by atoms with E-state index in [9.17, 15) is 4.79 Å². The van der Waals surface area contributed by atoms with Gasteiger partial charge in [-0.2, -0.15) is 5.10 Å². The van der Waals surface area contributed by atoms with E-state index >= 15 is 0 Å². The molecule has 0 spiro atoms. The van der Waals surface area contributed by atoms with Gasteiger partial charge in [-0.25, -0.2) is 4.79 Å². The molecule has 112 valence electrons. The number of benzene rings is 1. The van der Waals surface area contributed by atoms with Crippen LogP contribution in [0.1, 0.15) is 25.3 Å². The molecule has 0 atom stereocenters. The smallest absolute Gasteiger partial charge is 0.323 e. The first kappa shape index (κ1) is 15.1. The van der Waals surface area contributed by atoms with Crippen molar-refractivity contribution in [2.24, 2.45) is 0 Å². The van der Waals surface area contributed by atoms with E-state index in [1.165, 1.54) is 11.8 Å². The second kappa shape index (κ2) is 6.90. The predicted octanol–water partition coefficient (Wildman–Crippen LogP) is 2.64. The molecule has 2 rings (SSSR count). The van der Waals surface area contributed by atoms with Gasteiger partial charge in [-0.05, 0) is 23.6 Å². The minimum absolute atomic E-state index is 0.00944. The highest BCUT2D eigenvalue weighted by molar-refractivity contribution is 5.99. The Hall–Kier alpha value is -2.34. The van der Waals surface area contributed by atoms with Crippen LogP contribution in [0.3, 0.4) is 0 Å². The van der Waals surface area contributed by atoms with E-state index in [2.05, 4.69) is 29.6 Å². The normalized spacial score (nSPS) is 10.7. The Kier molecular flexibility index (Phi) is 4.94. The van der Waals surface area contributed by atoms with Gasteiger partial charge >= 0.3 is 6.03 Å². The van der Waals surface area contributed by atoms with Crippen molar-refractivity contribution < 1.29 is 9.90 Å². The number of aliphatic hydroxyl groups is 1. The van der Waals surface area contributed by atoms with Crippen molar-refractivity contribution in [1.82, 2.24) is 9.78 Å². The first-order valence-electron chi connectivity index (χ1n) is 6.90. The summed E-state index contributed by atoms with van der Waals surface area (Å²) in [5, 5.41) is 18.3. The maximum atomic E-state index is 11.9. The van der Waals surface area contributed by atoms with E-state index in [-0.39, 0.29) is 12.6 Å². The highest BCUT2D eigenvalue weighted by Crippen LogP contribution is 2.17. The number of urea groups is 1. The Balaban J connectivity index is 1.91. The second-order valence-corrected chi connectivity index (χ2v) is 5.07. The van der Waals surface area contributed by atoms with Crippen molar-refractivity contribution in [3.05, 3.63) is 42.2 Å². The molecule has 0 aliphatic heterocycles. The summed E-state index contributed by atoms with van der Waals surface area (Å²) in [6, 6.07) is 7.43. The zero-order chi connectivity index (χ0) is 15.2. The van der Waals surface area contributed by atoms with Gasteiger partial charge in [0, 0.05) is 11.9 Å². The molecule has 1 heterocycles. The molecule has 6 nitrogen and oxygen atoms in total. The van der Waals surface area contributed by atoms with Gasteiger partial charge in [0.1, 0.15) is 0 Å². The number of aliphatic hydroxyl groups excluding tert-OH is 1. The monoisotopic (exact) mass is 288 g/mol. The van der Waals surface area contributed by atoms with E-state index in [1.54, 1.807) is 10.9 Å². The number of nitrogens with one attached hydrogen (secondary N) is 2. The molecule has 6 heteroatoms. The molecule has 0 aliphatic rings. The molecule has 0 radical (unpaired) electrons. The number of carbonyl (C=O) groups is 1. The Bertz CT molecular complexity index is 590. The molecular weight excluding hydrogens is 268 g/mol. The lowest BCUT2D eigenvalue weighted by Crippen LogP contribution is -2.19. The predicted molar refractivity (Wildman–Crippen MR) is 82.5 cm³/mol. The lowest BCUT2D eigenvalue weighted by Gasteiger charge is -2.08. The van der Waals surface area contributed by atoms with Gasteiger partial charge in [0.05, 0.1) is 25.0 Å². The number of anilines is 2. The summed E-state index contributed by atoms with van der Waals surface area (Å²) >= 11 is 0. The number of nitrogens with zero attached hydrogens (tertiary/aromatic N) is 2. The molecule has 1 aromatic carbocycles. The summed E-state index contributed by atoms with van der Waals surface area (Å²) in [5.74, 6) is 0.463. The maximum Gasteiger partial charge on any atom is 0.323 e. The third kappa shape index (κ3) is 4.32. The summed E-state index contributed by atoms with van der Waals surface area (Å²) in [6.07, 6.45) is 3.20. The van der Waals surface area contributed by atoms with Crippen molar-refractivity contribution in [2.45, 2.75) is 26.3 Å². The lowest BCUT2D eigenvalue weighted by atomic mass is 10.0. The number of amides is 2. The van der Waals surface area contributed by atoms with E-state index in [0.717, 1.165) is 5.69 Å². The van der Waals surface area contributed by atoms with Crippen molar-refractivity contribution >= 4 is 17.4 Å². The third-order valence-electron chi connectivity index (χ3n) is 3.06. The van der Waals surface area contributed by atoms with Crippen LogP contribution >= 0.6 is 0 Å². The largest absolute Gasteiger partial charge is 0.394 e. The summed E-state index contributed by atoms with van der Waals surface area (Å²) in [7, 11) is 0. The van der Waals surface area contributed by atoms with Gasteiger partial charge in [-0.1, -0.05) is 26.0 Å². The standard InChI is InChI=1S/C15H20N4O2/c1-11(2)12-3-5-13(6-4-12)17-15(21)18-14-9-16-19(10-14)7-8-20/h3-6,9-11,20H,7-8H2,1-2H3,(H2,17,18,21). The fraction of sp³-hybridized carbons (Fsp3) is 0.333. The summed E-state index contributed by atoms with van der Waals surface area (Å²) in [4.78, 5) is 11.9. The molecule has 0 bridgehead atoms. The number of carbonyl (C=O) groups excluding carboxylic acids is 1. The minimum atomic E-state index is -0.323. The van der Waals surface area contributed by atoms with Gasteiger partial charge in [-0.3, -0.25) is 4.68 Å². The summed E-state index contributed by atoms with van der Waals surface area (Å²) in [6.45, 7) is 4.66. The first-order chi connectivity index (χ1) is 10.1. The van der Waals surface area contributed by atoms with Crippen LogP contribution in [0.25, 0.3) is 0 Å². The molecule has 2 aromatic rings. The van der Waals surface area contributed by atoms with Gasteiger partial charge in [0.25, 0.3) is 0 Å². The van der Waals surface area contributed by atoms with Gasteiger partial charge in [0.2, 0.25) is 0 Å². The lowest BCUT2D eigenvalue weighted by molar-refractivity contribution is 0.262. The molecule has 3 N–H and O–H groups in total. The van der Waals surface area contributed by atoms with Crippen LogP contribution in [0.5, 0.6) is 0 Å². The van der Waals surface area contributed by atoms with E-state index in [1.807, 2.05) is 24.3 Å². The van der Waals surface area contributed by atoms with Crippen LogP contribution in [0, 0.1) is 0 Å². The Morgan fingerprint density at radius 2 is 1.90 bits per heavy atom. The van der Waals surface area contributed by atoms with Crippen molar-refractivity contribution in [3.8, 4) is 0 Å². The second-order valence-electron chi connectivity index (χ2n) is 5.07. The van der Waals surface area contributed by atoms with Crippen LogP contribution in [0.4, 0.5) is 16.2 Å². The Morgan fingerprint density at radius 3 is 2.52 bits per heavy atom. The van der Waals surface area contributed by atoms with E-state index in [4.69, 9.17) is 5.11 Å². The van der Waals surface area contributed by atoms with Crippen LogP contribution in [0.15, 0.2) is 36.7 Å². The highest BCUT2D eigenvalue weighted by atomic mass is 16.3. The molecule has 0 fully saturated rings. The number of hydrogen-bond acceptors (Lipinski definition) is 3. The first-order valence-corrected chi connectivity index (χ1v) is 6.90. The van der Waals surface area contributed by atoms with Crippen LogP contribution in [-0.2, 0) is 6.54 Å². The van der Waals surface area contributed by atoms with Crippen LogP contribution in [-0.4, -0.2) is 27.5 Å². The molecule has 0 unspecified atom stereocenters. The molecule has 21 heavy (non-hydrogen) atoms. The average Bonchev–Trinajstić information content (AvgIpc) is 2.87. The quantitative estimate of drug-likeness (QED) is 0.791. The van der Waals surface area contributed by atoms with Crippen molar-refractivity contribution in [2.75, 3.05) is 17.2 Å². The molecule has 0 aliphatic carbocycles. The van der Waals surface area contributed by atoms with E-state index in [0.29, 0.717) is 18.2 Å². The van der Waals surface area contributed by atoms with Gasteiger partial charge in [-0.15, -0.1) is 0 Å². The minimum Gasteiger partial charge on any atom is -0.394 e. The molecule has 0 saturated heterocycles. The molecular formula is C15H20N4O2. The fourth-order valence-electron chi connectivity index (χ4n) is 1.90. The average molecular weight is 288 g/mol. The number of aromatic nitrogens is 2. The topological polar surface area (TPSA) is 79.2 Å². The zero-order valence-electron chi connectivity index (χ0n) is 12.2. The molecule has 1 aromatic heterocycles. The summed E-state index contributed by atoms with van der Waals surface area (Å²) in [5.41, 5.74) is 2.55. The third-order valence-corrected chi connectivity index (χ3v) is 3.06. The highest BCUT2D eigenvalue weighted by Gasteiger charge is 2.05. The SMILES string of the molecule is CC(C)c1ccc(NC(=O)Nc2cnn(CCO)c2)cc1. The van der Waals surface area contributed by atoms with Crippen LogP contribution < -0.4 is 10.6 Å². The van der Waals surface area contributed by atoms with E-state index < -0.39 is 0 Å². The maximum absolute atomic E-state index is 11.9. The fourth-order valence-corrected chi connectivity index (χ4v) is 1.90. The van der Waals surface area contributed by atoms with Crippen LogP contribution in [0.2, 0.25) is 0 Å². The number of hydrogen-bond donors (Lipinski definition) is 3. The number of rotatable bonds is 5. The van der Waals surface area contributed by atoms with Gasteiger partial charge < -0.3 is 15.7 Å². The zero-order valence-corrected chi connectivity index (χ0v) is 12.2.